The summed E-state index contributed by atoms with van der Waals surface area (Å²) in [6.45, 7) is 0.560. The molecule has 0 saturated heterocycles. The maximum Gasteiger partial charge on any atom is 0.231 e. The molecule has 0 unspecified atom stereocenters. The van der Waals surface area contributed by atoms with Crippen LogP contribution in [0.25, 0.3) is 22.3 Å². The molecule has 14 nitrogen and oxygen atoms in total. The van der Waals surface area contributed by atoms with Crippen molar-refractivity contribution in [2.45, 2.75) is 10.1 Å². The molecule has 6 aromatic rings. The highest BCUT2D eigenvalue weighted by atomic mass is 79.9. The number of halogens is 3. The molecule has 2 aliphatic rings. The largest absolute Gasteiger partial charge is 0.454 e. The second kappa shape index (κ2) is 12.5. The van der Waals surface area contributed by atoms with E-state index in [-0.39, 0.29) is 6.79 Å². The van der Waals surface area contributed by atoms with Crippen LogP contribution in [-0.4, -0.2) is 53.5 Å². The number of nitrogen functional groups attached to an aromatic ring is 2. The average Bonchev–Trinajstić information content (AvgIpc) is 3.77. The maximum atomic E-state index is 5.79. The van der Waals surface area contributed by atoms with Gasteiger partial charge in [0.15, 0.2) is 55.9 Å². The second-order valence-corrected chi connectivity index (χ2v) is 12.4. The molecule has 0 saturated carbocycles. The summed E-state index contributed by atoms with van der Waals surface area (Å²) in [6.07, 6.45) is 2.78. The van der Waals surface area contributed by atoms with Crippen LogP contribution in [0, 0.1) is 4.77 Å². The second-order valence-electron chi connectivity index (χ2n) is 8.42. The van der Waals surface area contributed by atoms with Crippen LogP contribution in [0.15, 0.2) is 60.4 Å². The minimum Gasteiger partial charge on any atom is -0.454 e. The predicted molar refractivity (Wildman–Crippen MR) is 172 cm³/mol. The molecule has 220 valence electrons. The lowest BCUT2D eigenvalue weighted by molar-refractivity contribution is 0.173. The van der Waals surface area contributed by atoms with Crippen LogP contribution < -0.4 is 30.4 Å². The van der Waals surface area contributed by atoms with E-state index in [0.29, 0.717) is 50.7 Å². The fourth-order valence-corrected chi connectivity index (χ4v) is 5.94. The molecular weight excluding hydrogens is 796 g/mol. The first-order valence-corrected chi connectivity index (χ1v) is 15.5. The number of anilines is 2. The van der Waals surface area contributed by atoms with E-state index in [0.717, 1.165) is 41.3 Å². The first-order chi connectivity index (χ1) is 20.7. The number of aromatic amines is 3. The average molecular weight is 813 g/mol. The van der Waals surface area contributed by atoms with Crippen molar-refractivity contribution in [2.24, 2.45) is 0 Å². The summed E-state index contributed by atoms with van der Waals surface area (Å²) in [5, 5.41) is 0.678. The van der Waals surface area contributed by atoms with E-state index in [4.69, 9.17) is 42.6 Å². The molecule has 19 heteroatoms. The Kier molecular flexibility index (Phi) is 8.57. The zero-order valence-electron chi connectivity index (χ0n) is 21.4. The number of ether oxygens (including phenoxy) is 4. The van der Waals surface area contributed by atoms with Crippen LogP contribution in [0.2, 0.25) is 0 Å². The molecule has 0 amide bonds. The molecule has 0 spiro atoms. The van der Waals surface area contributed by atoms with Gasteiger partial charge >= 0.3 is 0 Å². The standard InChI is InChI=1S/C12H8BrN5O2S.C7H4Br2O2.C5H5N5S/c13-5-1-6-7(20-4-19-6)2-8(5)21-12-17-9-10(14)15-3-16-11(9)18-12;8-4-1-6-7(2-5(4)9)11-3-10-6;6-3-2-4(8-1-7-3)10-5(11)9-2/h1-3H,4H2,(H3,14,15,16,17,18);1-2H,3H2;1H,(H4,6,7,8,9,10,11). The molecule has 8 rings (SSSR count). The Hall–Kier alpha value is -3.65. The monoisotopic (exact) mass is 810 g/mol. The molecule has 2 aliphatic heterocycles. The highest BCUT2D eigenvalue weighted by Gasteiger charge is 2.18. The number of H-pyrrole nitrogens is 3. The summed E-state index contributed by atoms with van der Waals surface area (Å²) in [7, 11) is 0. The molecule has 2 aromatic carbocycles. The van der Waals surface area contributed by atoms with E-state index in [1.165, 1.54) is 24.4 Å². The molecule has 43 heavy (non-hydrogen) atoms. The van der Waals surface area contributed by atoms with Gasteiger partial charge < -0.3 is 45.4 Å². The number of nitrogens with zero attached hydrogens (tertiary/aromatic N) is 5. The van der Waals surface area contributed by atoms with Crippen molar-refractivity contribution in [1.82, 2.24) is 39.9 Å². The third kappa shape index (κ3) is 6.49. The molecule has 4 aromatic heterocycles. The number of hydrogen-bond donors (Lipinski definition) is 5. The number of benzene rings is 2. The molecule has 0 radical (unpaired) electrons. The van der Waals surface area contributed by atoms with Gasteiger partial charge in [0.2, 0.25) is 13.6 Å². The summed E-state index contributed by atoms with van der Waals surface area (Å²) >= 11 is 16.5. The van der Waals surface area contributed by atoms with E-state index in [9.17, 15) is 0 Å². The Bertz CT molecular complexity index is 2010. The van der Waals surface area contributed by atoms with E-state index in [1.54, 1.807) is 0 Å². The van der Waals surface area contributed by atoms with E-state index < -0.39 is 0 Å². The number of nitrogens with one attached hydrogen (secondary N) is 3. The third-order valence-electron chi connectivity index (χ3n) is 5.69. The van der Waals surface area contributed by atoms with Gasteiger partial charge in [-0.15, -0.1) is 0 Å². The molecule has 0 atom stereocenters. The van der Waals surface area contributed by atoms with Gasteiger partial charge in [0.25, 0.3) is 0 Å². The smallest absolute Gasteiger partial charge is 0.231 e. The molecule has 0 fully saturated rings. The highest BCUT2D eigenvalue weighted by molar-refractivity contribution is 9.13. The number of hydrogen-bond acceptors (Lipinski definition) is 13. The molecule has 0 aliphatic carbocycles. The fourth-order valence-electron chi connectivity index (χ4n) is 3.72. The minimum absolute atomic E-state index is 0.243. The van der Waals surface area contributed by atoms with Crippen LogP contribution in [0.1, 0.15) is 0 Å². The summed E-state index contributed by atoms with van der Waals surface area (Å²) in [5.41, 5.74) is 13.8. The third-order valence-corrected chi connectivity index (χ3v) is 9.60. The van der Waals surface area contributed by atoms with E-state index in [1.807, 2.05) is 24.3 Å². The van der Waals surface area contributed by atoms with Crippen LogP contribution in [0.5, 0.6) is 23.0 Å². The van der Waals surface area contributed by atoms with Crippen LogP contribution in [-0.2, 0) is 0 Å². The SMILES string of the molecule is Brc1cc2c(cc1Br)OCO2.Nc1ncnc2[nH]c(=S)[nH]c12.Nc1ncnc2nc(Sc3cc4c(cc3Br)OCO4)[nH]c12. The number of imidazole rings is 2. The molecule has 6 heterocycles. The topological polar surface area (TPSA) is 201 Å². The normalized spacial score (nSPS) is 12.5. The van der Waals surface area contributed by atoms with Gasteiger partial charge in [-0.2, -0.15) is 0 Å². The van der Waals surface area contributed by atoms with Crippen LogP contribution >= 0.6 is 71.8 Å². The Balaban J connectivity index is 0.000000126. The van der Waals surface area contributed by atoms with Gasteiger partial charge in [0, 0.05) is 18.3 Å². The van der Waals surface area contributed by atoms with Gasteiger partial charge in [-0.25, -0.2) is 24.9 Å². The summed E-state index contributed by atoms with van der Waals surface area (Å²) in [5.74, 6) is 3.81. The maximum absolute atomic E-state index is 5.79. The lowest BCUT2D eigenvalue weighted by atomic mass is 10.3. The van der Waals surface area contributed by atoms with Gasteiger partial charge in [0.1, 0.15) is 23.7 Å². The van der Waals surface area contributed by atoms with Gasteiger partial charge in [-0.3, -0.25) is 0 Å². The molecule has 7 N–H and O–H groups in total. The first kappa shape index (κ1) is 29.4. The van der Waals surface area contributed by atoms with Crippen LogP contribution in [0.4, 0.5) is 11.6 Å². The van der Waals surface area contributed by atoms with Crippen molar-refractivity contribution in [3.8, 4) is 23.0 Å². The summed E-state index contributed by atoms with van der Waals surface area (Å²) in [4.78, 5) is 29.8. The van der Waals surface area contributed by atoms with Crippen molar-refractivity contribution in [3.63, 3.8) is 0 Å². The number of rotatable bonds is 2. The van der Waals surface area contributed by atoms with Crippen molar-refractivity contribution in [3.05, 3.63) is 55.1 Å². The first-order valence-electron chi connectivity index (χ1n) is 11.9. The van der Waals surface area contributed by atoms with Crippen molar-refractivity contribution < 1.29 is 18.9 Å². The van der Waals surface area contributed by atoms with Crippen molar-refractivity contribution in [1.29, 1.82) is 0 Å². The molecule has 0 bridgehead atoms. The highest BCUT2D eigenvalue weighted by Crippen LogP contribution is 2.42. The van der Waals surface area contributed by atoms with Gasteiger partial charge in [-0.1, -0.05) is 11.8 Å². The quantitative estimate of drug-likeness (QED) is 0.126. The van der Waals surface area contributed by atoms with Gasteiger partial charge in [-0.05, 0) is 84.3 Å². The number of fused-ring (bicyclic) bond motifs is 4. The minimum atomic E-state index is 0.243. The Morgan fingerprint density at radius 1 is 0.698 bits per heavy atom. The zero-order valence-corrected chi connectivity index (χ0v) is 27.7. The lowest BCUT2D eigenvalue weighted by Gasteiger charge is -2.03. The number of aromatic nitrogens is 8. The number of nitrogens with two attached hydrogens (primary N) is 2. The van der Waals surface area contributed by atoms with Crippen molar-refractivity contribution in [2.75, 3.05) is 25.1 Å². The Labute approximate surface area is 276 Å². The lowest BCUT2D eigenvalue weighted by Crippen LogP contribution is -1.92. The predicted octanol–water partition coefficient (Wildman–Crippen LogP) is 6.12. The van der Waals surface area contributed by atoms with E-state index in [2.05, 4.69) is 87.7 Å². The molecular formula is C24H17Br3N10O4S2. The van der Waals surface area contributed by atoms with Crippen molar-refractivity contribution >= 4 is 106 Å². The van der Waals surface area contributed by atoms with Crippen LogP contribution in [0.3, 0.4) is 0 Å². The Morgan fingerprint density at radius 3 is 1.86 bits per heavy atom. The Morgan fingerprint density at radius 2 is 1.26 bits per heavy atom. The summed E-state index contributed by atoms with van der Waals surface area (Å²) < 4.78 is 24.4. The fraction of sp³-hybridized carbons (Fsp3) is 0.0833. The van der Waals surface area contributed by atoms with Gasteiger partial charge in [0.05, 0.1) is 0 Å². The van der Waals surface area contributed by atoms with E-state index >= 15 is 0 Å². The zero-order chi connectivity index (χ0) is 30.1. The summed E-state index contributed by atoms with van der Waals surface area (Å²) in [6, 6.07) is 7.54.